The van der Waals surface area contributed by atoms with E-state index in [0.29, 0.717) is 28.4 Å². The van der Waals surface area contributed by atoms with Gasteiger partial charge in [0.25, 0.3) is 6.01 Å². The molecule has 0 saturated heterocycles. The Bertz CT molecular complexity index is 1480. The quantitative estimate of drug-likeness (QED) is 0.320. The average Bonchev–Trinajstić information content (AvgIpc) is 3.29. The smallest absolute Gasteiger partial charge is 0.305 e. The minimum atomic E-state index is -0.999. The molecule has 2 N–H and O–H groups in total. The molecule has 4 rings (SSSR count). The van der Waals surface area contributed by atoms with Crippen LogP contribution in [0, 0.1) is 6.92 Å². The Hall–Kier alpha value is -4.66. The molecule has 1 unspecified atom stereocenters. The zero-order valence-corrected chi connectivity index (χ0v) is 21.8. The van der Waals surface area contributed by atoms with Crippen molar-refractivity contribution in [1.29, 1.82) is 0 Å². The molecule has 0 aliphatic heterocycles. The van der Waals surface area contributed by atoms with Gasteiger partial charge in [0.2, 0.25) is 11.8 Å². The van der Waals surface area contributed by atoms with Crippen molar-refractivity contribution in [1.82, 2.24) is 9.88 Å². The van der Waals surface area contributed by atoms with E-state index in [1.54, 1.807) is 43.3 Å². The van der Waals surface area contributed by atoms with Gasteiger partial charge in [-0.2, -0.15) is 4.98 Å². The standard InChI is InChI=1S/C29H30N4O5/c1-18-7-5-6-8-23(18)30-29-31-24-14-9-20(15-26(24)38-29)16-27(35)33(4)22-12-10-21(11-13-22)25(17-28(36)37)32(3)19(2)34/h5-15,25H,16-17H2,1-4H3,(H,30,31)(H,36,37). The lowest BCUT2D eigenvalue weighted by Gasteiger charge is -2.27. The number of hydrogen-bond donors (Lipinski definition) is 2. The number of likely N-dealkylation sites (N-methyl/N-ethyl adjacent to an activating group) is 1. The number of carboxylic acids is 1. The van der Waals surface area contributed by atoms with Crippen molar-refractivity contribution in [3.63, 3.8) is 0 Å². The third kappa shape index (κ3) is 6.00. The number of aromatic nitrogens is 1. The predicted octanol–water partition coefficient (Wildman–Crippen LogP) is 5.08. The van der Waals surface area contributed by atoms with E-state index in [1.807, 2.05) is 49.4 Å². The second kappa shape index (κ2) is 11.2. The maximum absolute atomic E-state index is 13.0. The van der Waals surface area contributed by atoms with Crippen LogP contribution in [-0.4, -0.2) is 46.9 Å². The summed E-state index contributed by atoms with van der Waals surface area (Å²) in [5, 5.41) is 12.5. The van der Waals surface area contributed by atoms with Crippen molar-refractivity contribution in [2.75, 3.05) is 24.3 Å². The van der Waals surface area contributed by atoms with Crippen LogP contribution in [0.25, 0.3) is 11.1 Å². The summed E-state index contributed by atoms with van der Waals surface area (Å²) >= 11 is 0. The van der Waals surface area contributed by atoms with Gasteiger partial charge in [-0.25, -0.2) is 0 Å². The molecular weight excluding hydrogens is 484 g/mol. The van der Waals surface area contributed by atoms with Crippen LogP contribution in [0.4, 0.5) is 17.4 Å². The highest BCUT2D eigenvalue weighted by atomic mass is 16.4. The summed E-state index contributed by atoms with van der Waals surface area (Å²) in [6, 6.07) is 20.1. The number of hydrogen-bond acceptors (Lipinski definition) is 6. The molecule has 0 aliphatic carbocycles. The lowest BCUT2D eigenvalue weighted by atomic mass is 10.0. The molecule has 38 heavy (non-hydrogen) atoms. The first-order chi connectivity index (χ1) is 18.1. The molecule has 0 spiro atoms. The highest BCUT2D eigenvalue weighted by Crippen LogP contribution is 2.27. The molecule has 9 heteroatoms. The van der Waals surface area contributed by atoms with Gasteiger partial charge in [-0.05, 0) is 53.9 Å². The monoisotopic (exact) mass is 514 g/mol. The van der Waals surface area contributed by atoms with Gasteiger partial charge in [-0.1, -0.05) is 36.4 Å². The third-order valence-corrected chi connectivity index (χ3v) is 6.57. The maximum atomic E-state index is 13.0. The average molecular weight is 515 g/mol. The lowest BCUT2D eigenvalue weighted by Crippen LogP contribution is -2.31. The highest BCUT2D eigenvalue weighted by Gasteiger charge is 2.23. The van der Waals surface area contributed by atoms with Crippen molar-refractivity contribution >= 4 is 46.3 Å². The summed E-state index contributed by atoms with van der Waals surface area (Å²) < 4.78 is 5.88. The van der Waals surface area contributed by atoms with Crippen LogP contribution in [-0.2, 0) is 20.8 Å². The van der Waals surface area contributed by atoms with Gasteiger partial charge in [-0.3, -0.25) is 14.4 Å². The minimum absolute atomic E-state index is 0.127. The van der Waals surface area contributed by atoms with E-state index in [0.717, 1.165) is 16.8 Å². The van der Waals surface area contributed by atoms with Gasteiger partial charge in [-0.15, -0.1) is 0 Å². The van der Waals surface area contributed by atoms with E-state index < -0.39 is 12.0 Å². The highest BCUT2D eigenvalue weighted by molar-refractivity contribution is 5.94. The number of carbonyl (C=O) groups is 3. The molecule has 196 valence electrons. The number of aliphatic carboxylic acids is 1. The van der Waals surface area contributed by atoms with E-state index in [1.165, 1.54) is 11.8 Å². The summed E-state index contributed by atoms with van der Waals surface area (Å²) in [6.45, 7) is 3.39. The van der Waals surface area contributed by atoms with Crippen LogP contribution in [0.1, 0.15) is 36.1 Å². The topological polar surface area (TPSA) is 116 Å². The Kier molecular flexibility index (Phi) is 7.76. The molecular formula is C29H30N4O5. The Morgan fingerprint density at radius 3 is 2.39 bits per heavy atom. The first kappa shape index (κ1) is 26.4. The van der Waals surface area contributed by atoms with Crippen LogP contribution in [0.3, 0.4) is 0 Å². The maximum Gasteiger partial charge on any atom is 0.305 e. The van der Waals surface area contributed by atoms with Crippen LogP contribution < -0.4 is 10.2 Å². The Balaban J connectivity index is 1.45. The fourth-order valence-electron chi connectivity index (χ4n) is 4.18. The van der Waals surface area contributed by atoms with Crippen molar-refractivity contribution in [3.8, 4) is 0 Å². The fraction of sp³-hybridized carbons (Fsp3) is 0.241. The molecule has 9 nitrogen and oxygen atoms in total. The molecule has 1 atom stereocenters. The number of nitrogens with zero attached hydrogens (tertiary/aromatic N) is 3. The molecule has 3 aromatic carbocycles. The first-order valence-electron chi connectivity index (χ1n) is 12.2. The summed E-state index contributed by atoms with van der Waals surface area (Å²) in [7, 11) is 3.26. The van der Waals surface area contributed by atoms with Gasteiger partial charge in [0.15, 0.2) is 5.58 Å². The summed E-state index contributed by atoms with van der Waals surface area (Å²) in [6.07, 6.45) is -0.0549. The molecule has 0 radical (unpaired) electrons. The number of amides is 2. The van der Waals surface area contributed by atoms with Gasteiger partial charge in [0.1, 0.15) is 5.52 Å². The Morgan fingerprint density at radius 1 is 1.03 bits per heavy atom. The number of rotatable bonds is 9. The van der Waals surface area contributed by atoms with Crippen LogP contribution in [0.5, 0.6) is 0 Å². The first-order valence-corrected chi connectivity index (χ1v) is 12.2. The van der Waals surface area contributed by atoms with E-state index >= 15 is 0 Å². The fourth-order valence-corrected chi connectivity index (χ4v) is 4.18. The van der Waals surface area contributed by atoms with Gasteiger partial charge in [0, 0.05) is 32.4 Å². The normalized spacial score (nSPS) is 11.7. The van der Waals surface area contributed by atoms with E-state index in [9.17, 15) is 19.5 Å². The van der Waals surface area contributed by atoms with Crippen LogP contribution in [0.15, 0.2) is 71.1 Å². The zero-order valence-electron chi connectivity index (χ0n) is 21.8. The second-order valence-corrected chi connectivity index (χ2v) is 9.23. The number of fused-ring (bicyclic) bond motifs is 1. The van der Waals surface area contributed by atoms with Crippen molar-refractivity contribution in [2.45, 2.75) is 32.7 Å². The largest absolute Gasteiger partial charge is 0.481 e. The lowest BCUT2D eigenvalue weighted by molar-refractivity contribution is -0.140. The number of aryl methyl sites for hydroxylation is 1. The van der Waals surface area contributed by atoms with Crippen molar-refractivity contribution in [2.24, 2.45) is 0 Å². The minimum Gasteiger partial charge on any atom is -0.481 e. The van der Waals surface area contributed by atoms with E-state index in [-0.39, 0.29) is 24.7 Å². The van der Waals surface area contributed by atoms with E-state index in [4.69, 9.17) is 4.42 Å². The number of anilines is 3. The molecule has 1 heterocycles. The molecule has 0 aliphatic rings. The molecule has 4 aromatic rings. The summed E-state index contributed by atoms with van der Waals surface area (Å²) in [5.41, 5.74) is 5.37. The van der Waals surface area contributed by atoms with Crippen LogP contribution in [0.2, 0.25) is 0 Å². The predicted molar refractivity (Wildman–Crippen MR) is 145 cm³/mol. The number of benzene rings is 3. The number of nitrogens with one attached hydrogen (secondary N) is 1. The Morgan fingerprint density at radius 2 is 1.74 bits per heavy atom. The number of carboxylic acid groups (broad SMARTS) is 1. The van der Waals surface area contributed by atoms with Crippen LogP contribution >= 0.6 is 0 Å². The van der Waals surface area contributed by atoms with Gasteiger partial charge < -0.3 is 24.6 Å². The number of para-hydroxylation sites is 1. The van der Waals surface area contributed by atoms with E-state index in [2.05, 4.69) is 10.3 Å². The van der Waals surface area contributed by atoms with Gasteiger partial charge in [0.05, 0.1) is 18.9 Å². The number of carbonyl (C=O) groups excluding carboxylic acids is 2. The number of oxazole rings is 1. The molecule has 1 aromatic heterocycles. The molecule has 0 saturated carbocycles. The summed E-state index contributed by atoms with van der Waals surface area (Å²) in [4.78, 5) is 43.6. The SMILES string of the molecule is CC(=O)N(C)C(CC(=O)O)c1ccc(N(C)C(=O)Cc2ccc3nc(Nc4ccccc4C)oc3c2)cc1. The third-order valence-electron chi connectivity index (χ3n) is 6.57. The molecule has 0 bridgehead atoms. The van der Waals surface area contributed by atoms with Crippen molar-refractivity contribution in [3.05, 3.63) is 83.4 Å². The second-order valence-electron chi connectivity index (χ2n) is 9.23. The zero-order chi connectivity index (χ0) is 27.4. The van der Waals surface area contributed by atoms with Crippen molar-refractivity contribution < 1.29 is 23.9 Å². The molecule has 2 amide bonds. The summed E-state index contributed by atoms with van der Waals surface area (Å²) in [5.74, 6) is -1.35. The van der Waals surface area contributed by atoms with Gasteiger partial charge >= 0.3 is 5.97 Å². The Labute approximate surface area is 220 Å². The molecule has 0 fully saturated rings.